The highest BCUT2D eigenvalue weighted by Gasteiger charge is 2.66. The van der Waals surface area contributed by atoms with Gasteiger partial charge >= 0.3 is 0 Å². The van der Waals surface area contributed by atoms with E-state index < -0.39 is 41.0 Å². The van der Waals surface area contributed by atoms with Crippen molar-refractivity contribution in [2.24, 2.45) is 0 Å². The average Bonchev–Trinajstić information content (AvgIpc) is 3.85. The molecule has 3 fully saturated rings. The van der Waals surface area contributed by atoms with Gasteiger partial charge in [-0.2, -0.15) is 0 Å². The lowest BCUT2D eigenvalue weighted by atomic mass is 9.77. The van der Waals surface area contributed by atoms with Crippen molar-refractivity contribution in [2.75, 3.05) is 14.1 Å². The van der Waals surface area contributed by atoms with Gasteiger partial charge in [0.05, 0.1) is 40.9 Å². The molecule has 4 heterocycles. The second-order valence-corrected chi connectivity index (χ2v) is 13.1. The Morgan fingerprint density at radius 3 is 2.30 bits per heavy atom. The first kappa shape index (κ1) is 28.4. The number of rotatable bonds is 4. The Kier molecular flexibility index (Phi) is 5.97. The number of carbonyl (C=O) groups is 2. The van der Waals surface area contributed by atoms with Crippen LogP contribution in [-0.2, 0) is 19.8 Å². The van der Waals surface area contributed by atoms with Crippen molar-refractivity contribution < 1.29 is 38.4 Å². The number of carbonyl (C=O) groups excluding carboxylic acids is 2. The average molecular weight is 590 g/mol. The number of hydrogen-bond donors (Lipinski definition) is 2. The van der Waals surface area contributed by atoms with E-state index in [4.69, 9.17) is 18.6 Å². The topological polar surface area (TPSA) is 142 Å². The molecule has 4 aliphatic rings. The number of epoxide rings is 2. The molecule has 10 nitrogen and oxygen atoms in total. The van der Waals surface area contributed by atoms with Crippen LogP contribution in [-0.4, -0.2) is 76.8 Å². The smallest absolute Gasteiger partial charge is 0.202 e. The lowest BCUT2D eigenvalue weighted by Crippen LogP contribution is -2.59. The highest BCUT2D eigenvalue weighted by Crippen LogP contribution is 2.53. The highest BCUT2D eigenvalue weighted by atomic mass is 16.7. The van der Waals surface area contributed by atoms with E-state index >= 15 is 0 Å². The Morgan fingerprint density at radius 1 is 0.953 bits per heavy atom. The van der Waals surface area contributed by atoms with Gasteiger partial charge < -0.3 is 33.7 Å². The molecule has 8 atom stereocenters. The predicted molar refractivity (Wildman–Crippen MR) is 155 cm³/mol. The minimum Gasteiger partial charge on any atom is -0.507 e. The van der Waals surface area contributed by atoms with Gasteiger partial charge in [0.25, 0.3) is 0 Å². The monoisotopic (exact) mass is 589 g/mol. The summed E-state index contributed by atoms with van der Waals surface area (Å²) in [5.41, 5.74) is -1.14. The number of benzene rings is 2. The first-order valence-corrected chi connectivity index (χ1v) is 14.6. The molecule has 0 bridgehead atoms. The molecule has 10 heteroatoms. The molecule has 43 heavy (non-hydrogen) atoms. The van der Waals surface area contributed by atoms with Gasteiger partial charge in [0, 0.05) is 28.3 Å². The van der Waals surface area contributed by atoms with Crippen molar-refractivity contribution in [3.63, 3.8) is 0 Å². The molecule has 0 spiro atoms. The number of ketones is 2. The van der Waals surface area contributed by atoms with Crippen LogP contribution in [0, 0.1) is 6.92 Å². The maximum Gasteiger partial charge on any atom is 0.202 e. The molecule has 7 rings (SSSR count). The van der Waals surface area contributed by atoms with Crippen LogP contribution >= 0.6 is 0 Å². The van der Waals surface area contributed by atoms with Crippen LogP contribution in [0.4, 0.5) is 0 Å². The summed E-state index contributed by atoms with van der Waals surface area (Å²) in [6, 6.07) is 6.06. The van der Waals surface area contributed by atoms with Gasteiger partial charge in [-0.15, -0.1) is 0 Å². The van der Waals surface area contributed by atoms with Crippen LogP contribution in [0.1, 0.15) is 88.9 Å². The van der Waals surface area contributed by atoms with E-state index in [2.05, 4.69) is 0 Å². The minimum atomic E-state index is -0.910. The quantitative estimate of drug-likeness (QED) is 0.340. The number of hydrogen-bond acceptors (Lipinski definition) is 10. The van der Waals surface area contributed by atoms with E-state index in [0.29, 0.717) is 17.5 Å². The normalized spacial score (nSPS) is 34.8. The van der Waals surface area contributed by atoms with E-state index in [1.807, 2.05) is 39.8 Å². The number of aliphatic hydroxyl groups excluding tert-OH is 1. The molecule has 226 valence electrons. The van der Waals surface area contributed by atoms with Crippen molar-refractivity contribution in [3.05, 3.63) is 73.6 Å². The molecule has 3 aromatic rings. The third kappa shape index (κ3) is 3.87. The largest absolute Gasteiger partial charge is 0.507 e. The number of ether oxygens (including phenoxy) is 3. The highest BCUT2D eigenvalue weighted by molar-refractivity contribution is 6.32. The van der Waals surface area contributed by atoms with Gasteiger partial charge in [0.15, 0.2) is 16.8 Å². The van der Waals surface area contributed by atoms with Crippen molar-refractivity contribution in [1.82, 2.24) is 4.90 Å². The van der Waals surface area contributed by atoms with Gasteiger partial charge in [-0.1, -0.05) is 6.07 Å². The van der Waals surface area contributed by atoms with E-state index in [9.17, 15) is 24.6 Å². The molecule has 1 aliphatic carbocycles. The molecule has 0 amide bonds. The van der Waals surface area contributed by atoms with Crippen LogP contribution in [0.3, 0.4) is 0 Å². The summed E-state index contributed by atoms with van der Waals surface area (Å²) in [6.07, 6.45) is -2.03. The lowest BCUT2D eigenvalue weighted by molar-refractivity contribution is -0.176. The summed E-state index contributed by atoms with van der Waals surface area (Å²) < 4.78 is 23.9. The predicted octanol–water partition coefficient (Wildman–Crippen LogP) is 3.51. The summed E-state index contributed by atoms with van der Waals surface area (Å²) >= 11 is 0. The Hall–Kier alpha value is -3.41. The lowest BCUT2D eigenvalue weighted by Gasteiger charge is -2.49. The van der Waals surface area contributed by atoms with Crippen molar-refractivity contribution in [3.8, 4) is 5.75 Å². The second kappa shape index (κ2) is 9.06. The minimum absolute atomic E-state index is 0.00242. The van der Waals surface area contributed by atoms with Gasteiger partial charge in [-0.3, -0.25) is 14.4 Å². The van der Waals surface area contributed by atoms with Gasteiger partial charge in [0.2, 0.25) is 5.78 Å². The van der Waals surface area contributed by atoms with Gasteiger partial charge in [-0.25, -0.2) is 0 Å². The fourth-order valence-electron chi connectivity index (χ4n) is 7.07. The summed E-state index contributed by atoms with van der Waals surface area (Å²) in [4.78, 5) is 43.5. The van der Waals surface area contributed by atoms with Crippen LogP contribution in [0.15, 0.2) is 33.5 Å². The van der Waals surface area contributed by atoms with E-state index in [-0.39, 0.29) is 68.5 Å². The Morgan fingerprint density at radius 2 is 1.65 bits per heavy atom. The molecule has 8 unspecified atom stereocenters. The van der Waals surface area contributed by atoms with Crippen LogP contribution in [0.5, 0.6) is 5.75 Å². The van der Waals surface area contributed by atoms with Crippen molar-refractivity contribution in [1.29, 1.82) is 0 Å². The zero-order valence-electron chi connectivity index (χ0n) is 25.2. The number of phenolic OH excluding ortho intramolecular Hbond substituents is 1. The molecule has 2 aromatic carbocycles. The standard InChI is InChI=1S/C33H35NO9/c1-13-10-18-24(29-22(13)19(35)11-21(42-29)33(5)31(43-33)28-14(2)41-28)27(38)23-17(25(18)36)9-8-16(26(23)37)20-12-32(4,34(6)7)30(39)15(3)40-20/h8-11,14-15,20,28,30-31,37,39H,12H2,1-7H3. The van der Waals surface area contributed by atoms with Crippen molar-refractivity contribution >= 4 is 22.5 Å². The third-order valence-electron chi connectivity index (χ3n) is 10.2. The number of likely N-dealkylation sites (N-methyl/N-ethyl adjacent to an activating group) is 1. The molecular weight excluding hydrogens is 554 g/mol. The van der Waals surface area contributed by atoms with Crippen LogP contribution in [0.2, 0.25) is 0 Å². The van der Waals surface area contributed by atoms with Crippen LogP contribution in [0.25, 0.3) is 11.0 Å². The third-order valence-corrected chi connectivity index (χ3v) is 10.2. The molecule has 3 saturated heterocycles. The molecule has 2 N–H and O–H groups in total. The molecular formula is C33H35NO9. The maximum atomic E-state index is 14.3. The Balaban J connectivity index is 1.36. The summed E-state index contributed by atoms with van der Waals surface area (Å²) in [5, 5.41) is 22.7. The number of fused-ring (bicyclic) bond motifs is 4. The fraction of sp³-hybridized carbons (Fsp3) is 0.485. The maximum absolute atomic E-state index is 14.3. The van der Waals surface area contributed by atoms with E-state index in [1.54, 1.807) is 19.9 Å². The Bertz CT molecular complexity index is 1810. The number of phenols is 1. The zero-order valence-corrected chi connectivity index (χ0v) is 25.2. The summed E-state index contributed by atoms with van der Waals surface area (Å²) in [6.45, 7) is 9.12. The summed E-state index contributed by atoms with van der Waals surface area (Å²) in [5.74, 6) is -1.18. The van der Waals surface area contributed by atoms with Gasteiger partial charge in [-0.05, 0) is 72.8 Å². The molecule has 1 aromatic heterocycles. The Labute approximate surface area is 248 Å². The molecule has 0 radical (unpaired) electrons. The van der Waals surface area contributed by atoms with E-state index in [0.717, 1.165) is 0 Å². The second-order valence-electron chi connectivity index (χ2n) is 13.1. The molecule has 3 aliphatic heterocycles. The number of nitrogens with zero attached hydrogens (tertiary/aromatic N) is 1. The van der Waals surface area contributed by atoms with E-state index in [1.165, 1.54) is 18.2 Å². The zero-order chi connectivity index (χ0) is 30.9. The van der Waals surface area contributed by atoms with Crippen LogP contribution < -0.4 is 5.43 Å². The molecule has 0 saturated carbocycles. The number of aliphatic hydroxyl groups is 1. The first-order chi connectivity index (χ1) is 20.2. The summed E-state index contributed by atoms with van der Waals surface area (Å²) in [7, 11) is 3.74. The fourth-order valence-corrected chi connectivity index (χ4v) is 7.07. The van der Waals surface area contributed by atoms with Crippen molar-refractivity contribution in [2.45, 2.75) is 88.8 Å². The first-order valence-electron chi connectivity index (χ1n) is 14.6. The SMILES string of the molecule is Cc1cc2c(c3oc(C4(C)OC4C4OC4C)cc(=O)c13)C(=O)c1c(ccc(C3CC(C)(N(C)C)C(O)C(C)O3)c1O)C2=O. The number of aryl methyl sites for hydroxylation is 1. The number of aromatic hydroxyl groups is 1. The van der Waals surface area contributed by atoms with Gasteiger partial charge in [0.1, 0.15) is 29.3 Å².